The van der Waals surface area contributed by atoms with Crippen molar-refractivity contribution in [2.45, 2.75) is 75.8 Å². The molecule has 1 saturated carbocycles. The van der Waals surface area contributed by atoms with Gasteiger partial charge in [-0.25, -0.2) is 9.18 Å². The quantitative estimate of drug-likeness (QED) is 0.199. The number of ketones is 1. The lowest BCUT2D eigenvalue weighted by Crippen LogP contribution is -2.39. The normalized spacial score (nSPS) is 21.4. The zero-order valence-corrected chi connectivity index (χ0v) is 13.5. The SMILES string of the molecule is CCCCCCC(F)(SOO[O-])C(=O)OC1CCCCC1=O. The molecule has 0 spiro atoms. The van der Waals surface area contributed by atoms with Crippen molar-refractivity contribution in [3.63, 3.8) is 0 Å². The molecule has 0 N–H and O–H groups in total. The van der Waals surface area contributed by atoms with Gasteiger partial charge in [-0.05, 0) is 25.7 Å². The van der Waals surface area contributed by atoms with Crippen LogP contribution in [0.5, 0.6) is 0 Å². The first-order chi connectivity index (χ1) is 10.5. The molecule has 128 valence electrons. The Balaban J connectivity index is 2.59. The van der Waals surface area contributed by atoms with Gasteiger partial charge in [0.15, 0.2) is 11.9 Å². The predicted molar refractivity (Wildman–Crippen MR) is 75.7 cm³/mol. The molecule has 0 bridgehead atoms. The number of unbranched alkanes of at least 4 members (excludes halogenated alkanes) is 3. The highest BCUT2D eigenvalue weighted by Gasteiger charge is 2.44. The Hall–Kier alpha value is -0.700. The molecule has 0 aromatic carbocycles. The lowest BCUT2D eigenvalue weighted by molar-refractivity contribution is -0.777. The Bertz CT molecular complexity index is 367. The van der Waals surface area contributed by atoms with E-state index in [0.29, 0.717) is 19.3 Å². The summed E-state index contributed by atoms with van der Waals surface area (Å²) in [4.78, 5) is 23.7. The van der Waals surface area contributed by atoms with Crippen molar-refractivity contribution in [2.75, 3.05) is 0 Å². The number of halogens is 1. The fourth-order valence-electron chi connectivity index (χ4n) is 2.32. The van der Waals surface area contributed by atoms with Gasteiger partial charge >= 0.3 is 5.97 Å². The highest BCUT2D eigenvalue weighted by molar-refractivity contribution is 7.96. The van der Waals surface area contributed by atoms with Crippen molar-refractivity contribution in [2.24, 2.45) is 0 Å². The van der Waals surface area contributed by atoms with E-state index < -0.39 is 17.1 Å². The molecule has 2 unspecified atom stereocenters. The smallest absolute Gasteiger partial charge is 0.357 e. The molecule has 0 aromatic heterocycles. The number of ether oxygens (including phenoxy) is 1. The Morgan fingerprint density at radius 2 is 2.18 bits per heavy atom. The van der Waals surface area contributed by atoms with Crippen LogP contribution >= 0.6 is 12.0 Å². The summed E-state index contributed by atoms with van der Waals surface area (Å²) in [5.41, 5.74) is 0. The number of hydrogen-bond donors (Lipinski definition) is 0. The van der Waals surface area contributed by atoms with Gasteiger partial charge in [0, 0.05) is 12.8 Å². The number of carbonyl (C=O) groups excluding carboxylic acids is 2. The molecule has 0 saturated heterocycles. The zero-order chi connectivity index (χ0) is 16.4. The number of carbonyl (C=O) groups is 2. The Morgan fingerprint density at radius 1 is 1.41 bits per heavy atom. The van der Waals surface area contributed by atoms with Gasteiger partial charge in [0.05, 0.1) is 12.0 Å². The molecule has 1 rings (SSSR count). The van der Waals surface area contributed by atoms with E-state index in [9.17, 15) is 19.2 Å². The molecule has 2 atom stereocenters. The third kappa shape index (κ3) is 6.20. The zero-order valence-electron chi connectivity index (χ0n) is 12.7. The van der Waals surface area contributed by atoms with E-state index in [1.165, 1.54) is 0 Å². The maximum Gasteiger partial charge on any atom is 0.357 e. The number of hydrogen-bond acceptors (Lipinski definition) is 7. The van der Waals surface area contributed by atoms with Crippen LogP contribution in [0, 0.1) is 0 Å². The Labute approximate surface area is 133 Å². The van der Waals surface area contributed by atoms with E-state index in [2.05, 4.69) is 9.37 Å². The largest absolute Gasteiger partial charge is 0.691 e. The van der Waals surface area contributed by atoms with Crippen LogP contribution in [0.1, 0.15) is 64.7 Å². The van der Waals surface area contributed by atoms with Crippen molar-refractivity contribution >= 4 is 23.8 Å². The van der Waals surface area contributed by atoms with Crippen LogP contribution in [0.2, 0.25) is 0 Å². The highest BCUT2D eigenvalue weighted by Crippen LogP contribution is 2.36. The number of Topliss-reactive ketones (excluding diaryl/α,β-unsaturated/α-hetero) is 1. The summed E-state index contributed by atoms with van der Waals surface area (Å²) in [5, 5.41) is 10.5. The lowest BCUT2D eigenvalue weighted by atomic mass is 9.96. The summed E-state index contributed by atoms with van der Waals surface area (Å²) in [6, 6.07) is 0. The van der Waals surface area contributed by atoms with Crippen LogP contribution in [-0.2, 0) is 23.7 Å². The van der Waals surface area contributed by atoms with Crippen LogP contribution in [0.25, 0.3) is 0 Å². The van der Waals surface area contributed by atoms with E-state index >= 15 is 0 Å². The molecule has 1 aliphatic rings. The maximum atomic E-state index is 14.7. The molecule has 0 aliphatic heterocycles. The van der Waals surface area contributed by atoms with Crippen LogP contribution < -0.4 is 5.26 Å². The van der Waals surface area contributed by atoms with Crippen LogP contribution in [0.15, 0.2) is 0 Å². The predicted octanol–water partition coefficient (Wildman–Crippen LogP) is 2.55. The van der Waals surface area contributed by atoms with Crippen molar-refractivity contribution in [1.82, 2.24) is 0 Å². The maximum absolute atomic E-state index is 14.7. The monoisotopic (exact) mass is 337 g/mol. The number of rotatable bonds is 10. The molecular weight excluding hydrogens is 315 g/mol. The first-order valence-electron chi connectivity index (χ1n) is 7.60. The van der Waals surface area contributed by atoms with Gasteiger partial charge < -0.3 is 9.99 Å². The van der Waals surface area contributed by atoms with E-state index in [1.807, 2.05) is 6.92 Å². The summed E-state index contributed by atoms with van der Waals surface area (Å²) < 4.78 is 23.7. The molecule has 1 aliphatic carbocycles. The van der Waals surface area contributed by atoms with Crippen molar-refractivity contribution in [1.29, 1.82) is 0 Å². The third-order valence-corrected chi connectivity index (χ3v) is 4.36. The minimum absolute atomic E-state index is 0.00743. The topological polar surface area (TPSA) is 84.9 Å². The molecular formula is C14H22FO6S-. The summed E-state index contributed by atoms with van der Waals surface area (Å²) in [6.07, 6.45) is 4.25. The van der Waals surface area contributed by atoms with Gasteiger partial charge in [0.25, 0.3) is 5.00 Å². The average molecular weight is 337 g/mol. The Morgan fingerprint density at radius 3 is 2.82 bits per heavy atom. The van der Waals surface area contributed by atoms with Gasteiger partial charge in [-0.15, -0.1) is 0 Å². The fraction of sp³-hybridized carbons (Fsp3) is 0.857. The second-order valence-electron chi connectivity index (χ2n) is 5.36. The second-order valence-corrected chi connectivity index (χ2v) is 6.31. The van der Waals surface area contributed by atoms with E-state index in [0.717, 1.165) is 32.1 Å². The van der Waals surface area contributed by atoms with Gasteiger partial charge in [0.2, 0.25) is 0 Å². The van der Waals surface area contributed by atoms with Gasteiger partial charge in [-0.3, -0.25) is 9.83 Å². The summed E-state index contributed by atoms with van der Waals surface area (Å²) >= 11 is -0.00743. The third-order valence-electron chi connectivity index (χ3n) is 3.60. The summed E-state index contributed by atoms with van der Waals surface area (Å²) in [5.74, 6) is -1.38. The van der Waals surface area contributed by atoms with E-state index in [-0.39, 0.29) is 24.2 Å². The van der Waals surface area contributed by atoms with E-state index in [4.69, 9.17) is 4.74 Å². The molecule has 6 nitrogen and oxygen atoms in total. The first kappa shape index (κ1) is 19.3. The minimum Gasteiger partial charge on any atom is -0.691 e. The number of alkyl halides is 1. The standard InChI is InChI=1S/C14H23FO6S/c1-2-3-4-7-10-14(15,22-21-20-18)13(17)19-12-9-6-5-8-11(12)16/h12,18H,2-10H2,1H3/p-1. The second kappa shape index (κ2) is 10.1. The van der Waals surface area contributed by atoms with Crippen LogP contribution in [0.3, 0.4) is 0 Å². The first-order valence-corrected chi connectivity index (χ1v) is 8.34. The molecule has 1 fully saturated rings. The Kier molecular flexibility index (Phi) is 8.92. The fourth-order valence-corrected chi connectivity index (χ4v) is 2.80. The van der Waals surface area contributed by atoms with Crippen LogP contribution in [0.4, 0.5) is 4.39 Å². The number of esters is 1. The van der Waals surface area contributed by atoms with Gasteiger partial charge in [-0.1, -0.05) is 26.2 Å². The molecule has 22 heavy (non-hydrogen) atoms. The van der Waals surface area contributed by atoms with Gasteiger partial charge in [-0.2, -0.15) is 4.33 Å². The van der Waals surface area contributed by atoms with E-state index in [1.54, 1.807) is 0 Å². The lowest BCUT2D eigenvalue weighted by Gasteiger charge is -2.26. The van der Waals surface area contributed by atoms with Crippen molar-refractivity contribution < 1.29 is 33.3 Å². The minimum atomic E-state index is -2.55. The highest BCUT2D eigenvalue weighted by atomic mass is 32.2. The molecule has 0 amide bonds. The van der Waals surface area contributed by atoms with Crippen molar-refractivity contribution in [3.8, 4) is 0 Å². The average Bonchev–Trinajstić information content (AvgIpc) is 2.51. The molecule has 0 heterocycles. The summed E-state index contributed by atoms with van der Waals surface area (Å²) in [7, 11) is 0. The summed E-state index contributed by atoms with van der Waals surface area (Å²) in [6.45, 7) is 2.01. The van der Waals surface area contributed by atoms with Crippen molar-refractivity contribution in [3.05, 3.63) is 0 Å². The molecule has 0 aromatic rings. The molecule has 8 heteroatoms. The molecule has 0 radical (unpaired) electrons. The van der Waals surface area contributed by atoms with Crippen LogP contribution in [-0.4, -0.2) is 22.9 Å². The van der Waals surface area contributed by atoms with Gasteiger partial charge in [0.1, 0.15) is 0 Å².